The summed E-state index contributed by atoms with van der Waals surface area (Å²) in [6, 6.07) is 3.80. The average molecular weight is 266 g/mol. The summed E-state index contributed by atoms with van der Waals surface area (Å²) in [6.45, 7) is 4.53. The highest BCUT2D eigenvalue weighted by molar-refractivity contribution is 5.76. The number of ether oxygens (including phenoxy) is 1. The van der Waals surface area contributed by atoms with Gasteiger partial charge in [-0.15, -0.1) is 0 Å². The van der Waals surface area contributed by atoms with Gasteiger partial charge < -0.3 is 20.7 Å². The summed E-state index contributed by atoms with van der Waals surface area (Å²) in [5.74, 6) is 0.850. The van der Waals surface area contributed by atoms with Crippen molar-refractivity contribution in [3.63, 3.8) is 0 Å². The van der Waals surface area contributed by atoms with E-state index in [1.54, 1.807) is 13.3 Å². The lowest BCUT2D eigenvalue weighted by molar-refractivity contribution is -0.121. The highest BCUT2D eigenvalue weighted by Crippen LogP contribution is 2.11. The molecule has 0 aliphatic rings. The normalized spacial score (nSPS) is 10.0. The number of nitrogens with one attached hydrogen (secondary N) is 3. The Morgan fingerprint density at radius 3 is 2.95 bits per heavy atom. The number of pyridine rings is 1. The van der Waals surface area contributed by atoms with Gasteiger partial charge in [-0.1, -0.05) is 0 Å². The summed E-state index contributed by atoms with van der Waals surface area (Å²) < 4.78 is 4.86. The lowest BCUT2D eigenvalue weighted by atomic mass is 10.3. The van der Waals surface area contributed by atoms with Gasteiger partial charge >= 0.3 is 0 Å². The van der Waals surface area contributed by atoms with Crippen molar-refractivity contribution < 1.29 is 9.53 Å². The van der Waals surface area contributed by atoms with Crippen molar-refractivity contribution in [3.05, 3.63) is 18.3 Å². The molecule has 1 amide bonds. The van der Waals surface area contributed by atoms with E-state index in [1.807, 2.05) is 19.1 Å². The van der Waals surface area contributed by atoms with Gasteiger partial charge in [-0.3, -0.25) is 4.79 Å². The Labute approximate surface area is 113 Å². The van der Waals surface area contributed by atoms with Crippen LogP contribution in [0.25, 0.3) is 0 Å². The lowest BCUT2D eigenvalue weighted by Gasteiger charge is -2.08. The van der Waals surface area contributed by atoms with Crippen LogP contribution in [0.4, 0.5) is 11.5 Å². The minimum absolute atomic E-state index is 0.0190. The summed E-state index contributed by atoms with van der Waals surface area (Å²) in [7, 11) is 1.61. The van der Waals surface area contributed by atoms with Crippen LogP contribution in [0.5, 0.6) is 0 Å². The van der Waals surface area contributed by atoms with Crippen molar-refractivity contribution in [2.24, 2.45) is 0 Å². The minimum atomic E-state index is 0.0190. The zero-order chi connectivity index (χ0) is 13.9. The molecule has 1 rings (SSSR count). The topological polar surface area (TPSA) is 75.3 Å². The number of anilines is 2. The highest BCUT2D eigenvalue weighted by Gasteiger charge is 2.00. The lowest BCUT2D eigenvalue weighted by Crippen LogP contribution is -2.28. The van der Waals surface area contributed by atoms with Gasteiger partial charge in [0.05, 0.1) is 6.61 Å². The molecule has 0 spiro atoms. The van der Waals surface area contributed by atoms with Crippen LogP contribution in [0.15, 0.2) is 18.3 Å². The summed E-state index contributed by atoms with van der Waals surface area (Å²) in [6.07, 6.45) is 2.17. The smallest absolute Gasteiger partial charge is 0.221 e. The molecule has 0 saturated heterocycles. The number of nitrogens with zero attached hydrogens (tertiary/aromatic N) is 1. The zero-order valence-electron chi connectivity index (χ0n) is 11.5. The van der Waals surface area contributed by atoms with Crippen molar-refractivity contribution in [3.8, 4) is 0 Å². The summed E-state index contributed by atoms with van der Waals surface area (Å²) >= 11 is 0. The minimum Gasteiger partial charge on any atom is -0.384 e. The van der Waals surface area contributed by atoms with Gasteiger partial charge in [0.25, 0.3) is 0 Å². The molecule has 1 aromatic rings. The van der Waals surface area contributed by atoms with Gasteiger partial charge in [0.1, 0.15) is 5.82 Å². The molecule has 0 atom stereocenters. The molecule has 6 heteroatoms. The monoisotopic (exact) mass is 266 g/mol. The molecule has 1 aromatic heterocycles. The van der Waals surface area contributed by atoms with Gasteiger partial charge in [-0.25, -0.2) is 4.98 Å². The third-order valence-electron chi connectivity index (χ3n) is 2.43. The van der Waals surface area contributed by atoms with Crippen molar-refractivity contribution in [2.45, 2.75) is 13.3 Å². The molecule has 6 nitrogen and oxygen atoms in total. The second-order valence-electron chi connectivity index (χ2n) is 3.98. The van der Waals surface area contributed by atoms with Crippen LogP contribution in [0, 0.1) is 0 Å². The molecule has 0 aliphatic carbocycles. The molecular weight excluding hydrogens is 244 g/mol. The van der Waals surface area contributed by atoms with Gasteiger partial charge in [0, 0.05) is 51.1 Å². The van der Waals surface area contributed by atoms with Crippen molar-refractivity contribution in [1.82, 2.24) is 10.3 Å². The first-order chi connectivity index (χ1) is 9.26. The third kappa shape index (κ3) is 6.61. The van der Waals surface area contributed by atoms with Crippen LogP contribution in [0.3, 0.4) is 0 Å². The number of amides is 1. The van der Waals surface area contributed by atoms with Crippen LogP contribution >= 0.6 is 0 Å². The maximum atomic E-state index is 11.4. The molecule has 19 heavy (non-hydrogen) atoms. The number of carbonyl (C=O) groups excluding carboxylic acids is 1. The Bertz CT molecular complexity index is 385. The molecule has 106 valence electrons. The highest BCUT2D eigenvalue weighted by atomic mass is 16.5. The predicted octanol–water partition coefficient (Wildman–Crippen LogP) is 1.08. The Balaban J connectivity index is 2.24. The fourth-order valence-corrected chi connectivity index (χ4v) is 1.52. The molecule has 0 aromatic carbocycles. The van der Waals surface area contributed by atoms with Crippen LogP contribution in [-0.2, 0) is 9.53 Å². The van der Waals surface area contributed by atoms with Crippen LogP contribution in [0.2, 0.25) is 0 Å². The molecule has 3 N–H and O–H groups in total. The van der Waals surface area contributed by atoms with Gasteiger partial charge in [-0.2, -0.15) is 0 Å². The first kappa shape index (κ1) is 15.2. The zero-order valence-corrected chi connectivity index (χ0v) is 11.5. The number of hydrogen-bond donors (Lipinski definition) is 3. The van der Waals surface area contributed by atoms with Gasteiger partial charge in [-0.05, 0) is 13.0 Å². The fraction of sp³-hybridized carbons (Fsp3) is 0.538. The van der Waals surface area contributed by atoms with E-state index in [0.717, 1.165) is 18.1 Å². The van der Waals surface area contributed by atoms with E-state index in [0.29, 0.717) is 26.1 Å². The third-order valence-corrected chi connectivity index (χ3v) is 2.43. The summed E-state index contributed by atoms with van der Waals surface area (Å²) in [5.41, 5.74) is 0.954. The number of rotatable bonds is 9. The van der Waals surface area contributed by atoms with Crippen LogP contribution < -0.4 is 16.0 Å². The Morgan fingerprint density at radius 2 is 2.21 bits per heavy atom. The molecule has 0 aliphatic heterocycles. The fourth-order valence-electron chi connectivity index (χ4n) is 1.52. The average Bonchev–Trinajstić information content (AvgIpc) is 2.40. The quantitative estimate of drug-likeness (QED) is 0.583. The standard InChI is InChI=1S/C13H22N4O2/c1-3-14-12-10-11(4-6-16-12)15-7-5-13(18)17-8-9-19-2/h4,6,10H,3,5,7-9H2,1-2H3,(H,17,18)(H2,14,15,16). The predicted molar refractivity (Wildman–Crippen MR) is 76.4 cm³/mol. The first-order valence-electron chi connectivity index (χ1n) is 6.45. The van der Waals surface area contributed by atoms with Gasteiger partial charge in [0.2, 0.25) is 5.91 Å². The van der Waals surface area contributed by atoms with Crippen LogP contribution in [-0.4, -0.2) is 44.2 Å². The number of methoxy groups -OCH3 is 1. The summed E-state index contributed by atoms with van der Waals surface area (Å²) in [5, 5.41) is 9.10. The second-order valence-corrected chi connectivity index (χ2v) is 3.98. The molecule has 0 unspecified atom stereocenters. The number of hydrogen-bond acceptors (Lipinski definition) is 5. The van der Waals surface area contributed by atoms with Crippen LogP contribution in [0.1, 0.15) is 13.3 Å². The second kappa shape index (κ2) is 9.16. The van der Waals surface area contributed by atoms with E-state index in [-0.39, 0.29) is 5.91 Å². The van der Waals surface area contributed by atoms with E-state index in [4.69, 9.17) is 4.74 Å². The first-order valence-corrected chi connectivity index (χ1v) is 6.45. The van der Waals surface area contributed by atoms with E-state index >= 15 is 0 Å². The number of carbonyl (C=O) groups is 1. The molecular formula is C13H22N4O2. The molecule has 0 fully saturated rings. The van der Waals surface area contributed by atoms with Crippen molar-refractivity contribution in [2.75, 3.05) is 44.0 Å². The maximum Gasteiger partial charge on any atom is 0.221 e. The molecule has 1 heterocycles. The maximum absolute atomic E-state index is 11.4. The Morgan fingerprint density at radius 1 is 1.37 bits per heavy atom. The van der Waals surface area contributed by atoms with E-state index in [2.05, 4.69) is 20.9 Å². The van der Waals surface area contributed by atoms with E-state index < -0.39 is 0 Å². The number of aromatic nitrogens is 1. The van der Waals surface area contributed by atoms with E-state index in [9.17, 15) is 4.79 Å². The largest absolute Gasteiger partial charge is 0.384 e. The molecule has 0 bridgehead atoms. The van der Waals surface area contributed by atoms with Crippen molar-refractivity contribution >= 4 is 17.4 Å². The molecule has 0 radical (unpaired) electrons. The van der Waals surface area contributed by atoms with Gasteiger partial charge in [0.15, 0.2) is 0 Å². The Kier molecular flexibility index (Phi) is 7.34. The van der Waals surface area contributed by atoms with E-state index in [1.165, 1.54) is 0 Å². The SMILES string of the molecule is CCNc1cc(NCCC(=O)NCCOC)ccn1. The molecule has 0 saturated carbocycles. The Hall–Kier alpha value is -1.82. The summed E-state index contributed by atoms with van der Waals surface area (Å²) in [4.78, 5) is 15.6. The van der Waals surface area contributed by atoms with Crippen molar-refractivity contribution in [1.29, 1.82) is 0 Å².